The zero-order valence-electron chi connectivity index (χ0n) is 12.5. The second-order valence-electron chi connectivity index (χ2n) is 5.84. The molecular formula is C16H25NO2. The predicted octanol–water partition coefficient (Wildman–Crippen LogP) is 3.06. The fraction of sp³-hybridized carbons (Fsp3) is 0.562. The summed E-state index contributed by atoms with van der Waals surface area (Å²) in [6.45, 7) is 9.91. The van der Waals surface area contributed by atoms with Gasteiger partial charge in [0.25, 0.3) is 0 Å². The van der Waals surface area contributed by atoms with Gasteiger partial charge in [0.2, 0.25) is 0 Å². The highest BCUT2D eigenvalue weighted by molar-refractivity contribution is 5.75. The Labute approximate surface area is 116 Å². The van der Waals surface area contributed by atoms with E-state index in [2.05, 4.69) is 30.4 Å². The summed E-state index contributed by atoms with van der Waals surface area (Å²) < 4.78 is 5.20. The first-order valence-corrected chi connectivity index (χ1v) is 6.83. The first kappa shape index (κ1) is 15.7. The molecular weight excluding hydrogens is 238 g/mol. The fourth-order valence-electron chi connectivity index (χ4n) is 1.61. The Hall–Kier alpha value is -1.35. The molecule has 0 amide bonds. The van der Waals surface area contributed by atoms with Crippen molar-refractivity contribution in [2.45, 2.75) is 40.7 Å². The highest BCUT2D eigenvalue weighted by atomic mass is 16.5. The number of ether oxygens (including phenoxy) is 1. The maximum absolute atomic E-state index is 11.5. The van der Waals surface area contributed by atoms with Crippen LogP contribution in [0, 0.1) is 12.3 Å². The van der Waals surface area contributed by atoms with Crippen LogP contribution in [0.2, 0.25) is 0 Å². The summed E-state index contributed by atoms with van der Waals surface area (Å²) in [7, 11) is 0. The van der Waals surface area contributed by atoms with Crippen molar-refractivity contribution in [3.63, 3.8) is 0 Å². The van der Waals surface area contributed by atoms with Crippen molar-refractivity contribution in [2.75, 3.05) is 13.2 Å². The van der Waals surface area contributed by atoms with Gasteiger partial charge in [-0.1, -0.05) is 24.3 Å². The van der Waals surface area contributed by atoms with Crippen molar-refractivity contribution in [1.82, 2.24) is 5.32 Å². The highest BCUT2D eigenvalue weighted by Crippen LogP contribution is 2.14. The van der Waals surface area contributed by atoms with E-state index in [0.29, 0.717) is 6.61 Å². The first-order valence-electron chi connectivity index (χ1n) is 6.83. The van der Waals surface area contributed by atoms with Crippen LogP contribution in [0.4, 0.5) is 0 Å². The molecule has 0 bridgehead atoms. The quantitative estimate of drug-likeness (QED) is 0.633. The summed E-state index contributed by atoms with van der Waals surface area (Å²) in [5.74, 6) is -0.133. The van der Waals surface area contributed by atoms with Gasteiger partial charge in [0, 0.05) is 6.54 Å². The van der Waals surface area contributed by atoms with Crippen molar-refractivity contribution in [1.29, 1.82) is 0 Å². The van der Waals surface area contributed by atoms with Gasteiger partial charge >= 0.3 is 5.97 Å². The molecule has 0 aliphatic carbocycles. The summed E-state index contributed by atoms with van der Waals surface area (Å²) in [5.41, 5.74) is 2.21. The van der Waals surface area contributed by atoms with Crippen LogP contribution in [0.25, 0.3) is 0 Å². The van der Waals surface area contributed by atoms with Gasteiger partial charge in [0.15, 0.2) is 0 Å². The third-order valence-electron chi connectivity index (χ3n) is 2.92. The van der Waals surface area contributed by atoms with Gasteiger partial charge in [-0.05, 0) is 51.8 Å². The van der Waals surface area contributed by atoms with Crippen LogP contribution in [0.5, 0.6) is 0 Å². The van der Waals surface area contributed by atoms with Crippen LogP contribution in [-0.2, 0) is 16.1 Å². The second kappa shape index (κ2) is 7.29. The van der Waals surface area contributed by atoms with E-state index >= 15 is 0 Å². The van der Waals surface area contributed by atoms with E-state index < -0.39 is 5.41 Å². The molecule has 0 aliphatic heterocycles. The molecule has 0 fully saturated rings. The number of carbonyl (C=O) groups is 1. The molecule has 19 heavy (non-hydrogen) atoms. The van der Waals surface area contributed by atoms with Crippen LogP contribution >= 0.6 is 0 Å². The van der Waals surface area contributed by atoms with Crippen LogP contribution < -0.4 is 5.32 Å². The molecule has 0 spiro atoms. The van der Waals surface area contributed by atoms with Gasteiger partial charge < -0.3 is 10.1 Å². The number of esters is 1. The van der Waals surface area contributed by atoms with E-state index in [0.717, 1.165) is 19.5 Å². The Morgan fingerprint density at radius 1 is 1.26 bits per heavy atom. The summed E-state index contributed by atoms with van der Waals surface area (Å²) >= 11 is 0. The van der Waals surface area contributed by atoms with Gasteiger partial charge in [-0.15, -0.1) is 0 Å². The predicted molar refractivity (Wildman–Crippen MR) is 77.9 cm³/mol. The molecule has 1 aromatic carbocycles. The third-order valence-corrected chi connectivity index (χ3v) is 2.92. The molecule has 0 heterocycles. The highest BCUT2D eigenvalue weighted by Gasteiger charge is 2.22. The van der Waals surface area contributed by atoms with Gasteiger partial charge in [-0.25, -0.2) is 0 Å². The molecule has 0 atom stereocenters. The Kier molecular flexibility index (Phi) is 6.03. The van der Waals surface area contributed by atoms with Crippen molar-refractivity contribution >= 4 is 5.97 Å². The molecule has 1 rings (SSSR count). The SMILES string of the molecule is Cc1ccccc1CNCCCOC(=O)C(C)(C)C. The van der Waals surface area contributed by atoms with Crippen LogP contribution in [-0.4, -0.2) is 19.1 Å². The summed E-state index contributed by atoms with van der Waals surface area (Å²) in [6, 6.07) is 8.34. The number of carbonyl (C=O) groups excluding carboxylic acids is 1. The molecule has 3 nitrogen and oxygen atoms in total. The van der Waals surface area contributed by atoms with E-state index in [-0.39, 0.29) is 5.97 Å². The average molecular weight is 263 g/mol. The van der Waals surface area contributed by atoms with Gasteiger partial charge in [-0.2, -0.15) is 0 Å². The molecule has 0 saturated heterocycles. The van der Waals surface area contributed by atoms with Crippen molar-refractivity contribution in [3.8, 4) is 0 Å². The first-order chi connectivity index (χ1) is 8.91. The largest absolute Gasteiger partial charge is 0.465 e. The third kappa shape index (κ3) is 5.88. The van der Waals surface area contributed by atoms with Gasteiger partial charge in [0.1, 0.15) is 0 Å². The van der Waals surface area contributed by atoms with Crippen molar-refractivity contribution in [3.05, 3.63) is 35.4 Å². The molecule has 3 heteroatoms. The Morgan fingerprint density at radius 2 is 1.95 bits per heavy atom. The fourth-order valence-corrected chi connectivity index (χ4v) is 1.61. The smallest absolute Gasteiger partial charge is 0.311 e. The second-order valence-corrected chi connectivity index (χ2v) is 5.84. The minimum absolute atomic E-state index is 0.133. The zero-order chi connectivity index (χ0) is 14.3. The molecule has 1 aromatic rings. The lowest BCUT2D eigenvalue weighted by atomic mass is 9.97. The van der Waals surface area contributed by atoms with E-state index in [4.69, 9.17) is 4.74 Å². The summed E-state index contributed by atoms with van der Waals surface area (Å²) in [6.07, 6.45) is 0.841. The minimum atomic E-state index is -0.408. The standard InChI is InChI=1S/C16H25NO2/c1-13-8-5-6-9-14(13)12-17-10-7-11-19-15(18)16(2,3)4/h5-6,8-9,17H,7,10-12H2,1-4H3. The lowest BCUT2D eigenvalue weighted by Gasteiger charge is -2.16. The summed E-state index contributed by atoms with van der Waals surface area (Å²) in [4.78, 5) is 11.5. The maximum atomic E-state index is 11.5. The normalized spacial score (nSPS) is 11.4. The number of aryl methyl sites for hydroxylation is 1. The van der Waals surface area contributed by atoms with Crippen LogP contribution in [0.15, 0.2) is 24.3 Å². The maximum Gasteiger partial charge on any atom is 0.311 e. The Bertz CT molecular complexity index is 407. The molecule has 0 saturated carbocycles. The molecule has 106 valence electrons. The number of hydrogen-bond acceptors (Lipinski definition) is 3. The lowest BCUT2D eigenvalue weighted by Crippen LogP contribution is -2.24. The van der Waals surface area contributed by atoms with E-state index in [1.807, 2.05) is 26.8 Å². The number of rotatable bonds is 6. The number of nitrogens with one attached hydrogen (secondary N) is 1. The molecule has 0 aromatic heterocycles. The van der Waals surface area contributed by atoms with Crippen molar-refractivity contribution < 1.29 is 9.53 Å². The topological polar surface area (TPSA) is 38.3 Å². The molecule has 1 N–H and O–H groups in total. The van der Waals surface area contributed by atoms with Gasteiger partial charge in [0.05, 0.1) is 12.0 Å². The van der Waals surface area contributed by atoms with Gasteiger partial charge in [-0.3, -0.25) is 4.79 Å². The molecule has 0 aliphatic rings. The Balaban J connectivity index is 2.13. The zero-order valence-corrected chi connectivity index (χ0v) is 12.5. The Morgan fingerprint density at radius 3 is 2.58 bits per heavy atom. The summed E-state index contributed by atoms with van der Waals surface area (Å²) in [5, 5.41) is 3.36. The van der Waals surface area contributed by atoms with Crippen LogP contribution in [0.3, 0.4) is 0 Å². The molecule has 0 radical (unpaired) electrons. The minimum Gasteiger partial charge on any atom is -0.465 e. The molecule has 0 unspecified atom stereocenters. The monoisotopic (exact) mass is 263 g/mol. The van der Waals surface area contributed by atoms with E-state index in [1.165, 1.54) is 11.1 Å². The van der Waals surface area contributed by atoms with E-state index in [9.17, 15) is 4.79 Å². The van der Waals surface area contributed by atoms with E-state index in [1.54, 1.807) is 0 Å². The van der Waals surface area contributed by atoms with Crippen LogP contribution in [0.1, 0.15) is 38.3 Å². The average Bonchev–Trinajstić information content (AvgIpc) is 2.34. The lowest BCUT2D eigenvalue weighted by molar-refractivity contribution is -0.152. The number of hydrogen-bond donors (Lipinski definition) is 1. The number of benzene rings is 1. The van der Waals surface area contributed by atoms with Crippen molar-refractivity contribution in [2.24, 2.45) is 5.41 Å².